The molecule has 2 aromatic rings. The standard InChI is InChI=1S/C20H23N3O5/c1-4-28-20(27)15-8-6-5-7-14(15)11-21-12-22(13(2)3)19(26)17-18(25)16(24)9-10-23(17)21/h5-10,13,25H,4,11-12H2,1-3H3. The summed E-state index contributed by atoms with van der Waals surface area (Å²) in [6.07, 6.45) is 1.46. The Morgan fingerprint density at radius 2 is 1.93 bits per heavy atom. The minimum absolute atomic E-state index is 0.0823. The highest BCUT2D eigenvalue weighted by molar-refractivity contribution is 5.96. The molecule has 0 bridgehead atoms. The van der Waals surface area contributed by atoms with Crippen molar-refractivity contribution >= 4 is 11.9 Å². The summed E-state index contributed by atoms with van der Waals surface area (Å²) in [6, 6.07) is 8.14. The van der Waals surface area contributed by atoms with Gasteiger partial charge in [-0.2, -0.15) is 0 Å². The van der Waals surface area contributed by atoms with Crippen molar-refractivity contribution in [1.29, 1.82) is 0 Å². The van der Waals surface area contributed by atoms with E-state index in [9.17, 15) is 19.5 Å². The Morgan fingerprint density at radius 1 is 1.21 bits per heavy atom. The van der Waals surface area contributed by atoms with Gasteiger partial charge in [0.15, 0.2) is 11.4 Å². The molecule has 2 heterocycles. The molecule has 0 radical (unpaired) electrons. The molecule has 0 saturated carbocycles. The average Bonchev–Trinajstić information content (AvgIpc) is 2.66. The monoisotopic (exact) mass is 385 g/mol. The molecule has 28 heavy (non-hydrogen) atoms. The number of aromatic nitrogens is 1. The Kier molecular flexibility index (Phi) is 5.39. The van der Waals surface area contributed by atoms with E-state index in [0.717, 1.165) is 0 Å². The van der Waals surface area contributed by atoms with Gasteiger partial charge in [0.1, 0.15) is 6.67 Å². The lowest BCUT2D eigenvalue weighted by Gasteiger charge is -2.41. The van der Waals surface area contributed by atoms with E-state index >= 15 is 0 Å². The van der Waals surface area contributed by atoms with Gasteiger partial charge in [-0.3, -0.25) is 19.3 Å². The van der Waals surface area contributed by atoms with Crippen LogP contribution in [0.4, 0.5) is 0 Å². The van der Waals surface area contributed by atoms with E-state index in [4.69, 9.17) is 4.74 Å². The van der Waals surface area contributed by atoms with Crippen LogP contribution in [0.3, 0.4) is 0 Å². The van der Waals surface area contributed by atoms with Crippen molar-refractivity contribution < 1.29 is 19.4 Å². The molecule has 0 unspecified atom stereocenters. The van der Waals surface area contributed by atoms with Gasteiger partial charge in [-0.1, -0.05) is 18.2 Å². The van der Waals surface area contributed by atoms with E-state index in [1.807, 2.05) is 26.0 Å². The van der Waals surface area contributed by atoms with E-state index in [0.29, 0.717) is 11.1 Å². The first-order valence-corrected chi connectivity index (χ1v) is 9.11. The van der Waals surface area contributed by atoms with Crippen LogP contribution in [0.25, 0.3) is 0 Å². The van der Waals surface area contributed by atoms with Gasteiger partial charge in [-0.15, -0.1) is 0 Å². The average molecular weight is 385 g/mol. The van der Waals surface area contributed by atoms with E-state index in [1.54, 1.807) is 29.0 Å². The van der Waals surface area contributed by atoms with Crippen molar-refractivity contribution in [2.24, 2.45) is 0 Å². The molecule has 3 rings (SSSR count). The molecular weight excluding hydrogens is 362 g/mol. The molecule has 0 atom stereocenters. The summed E-state index contributed by atoms with van der Waals surface area (Å²) in [4.78, 5) is 38.5. The van der Waals surface area contributed by atoms with Crippen LogP contribution < -0.4 is 10.4 Å². The predicted molar refractivity (Wildman–Crippen MR) is 103 cm³/mol. The summed E-state index contributed by atoms with van der Waals surface area (Å²) in [6.45, 7) is 6.24. The lowest BCUT2D eigenvalue weighted by molar-refractivity contribution is 0.0522. The number of amides is 1. The molecule has 0 spiro atoms. The number of carbonyl (C=O) groups excluding carboxylic acids is 2. The molecular formula is C20H23N3O5. The van der Waals surface area contributed by atoms with E-state index < -0.39 is 23.1 Å². The summed E-state index contributed by atoms with van der Waals surface area (Å²) >= 11 is 0. The Bertz CT molecular complexity index is 967. The number of hydrogen-bond acceptors (Lipinski definition) is 6. The summed E-state index contributed by atoms with van der Waals surface area (Å²) in [7, 11) is 0. The second kappa shape index (κ2) is 7.75. The van der Waals surface area contributed by atoms with Crippen molar-refractivity contribution in [3.8, 4) is 5.75 Å². The van der Waals surface area contributed by atoms with Gasteiger partial charge >= 0.3 is 5.97 Å². The summed E-state index contributed by atoms with van der Waals surface area (Å²) in [5.74, 6) is -1.42. The molecule has 148 valence electrons. The molecule has 8 nitrogen and oxygen atoms in total. The van der Waals surface area contributed by atoms with E-state index in [-0.39, 0.29) is 31.6 Å². The first kappa shape index (κ1) is 19.5. The van der Waals surface area contributed by atoms with Gasteiger partial charge in [-0.25, -0.2) is 4.79 Å². The van der Waals surface area contributed by atoms with Crippen molar-refractivity contribution in [2.45, 2.75) is 33.4 Å². The van der Waals surface area contributed by atoms with Crippen LogP contribution in [0.2, 0.25) is 0 Å². The predicted octanol–water partition coefficient (Wildman–Crippen LogP) is 1.69. The maximum Gasteiger partial charge on any atom is 0.338 e. The molecule has 0 saturated heterocycles. The van der Waals surface area contributed by atoms with Crippen LogP contribution in [0.5, 0.6) is 5.75 Å². The molecule has 0 aliphatic carbocycles. The number of hydrogen-bond donors (Lipinski definition) is 1. The van der Waals surface area contributed by atoms with Crippen molar-refractivity contribution in [3.63, 3.8) is 0 Å². The number of esters is 1. The SMILES string of the molecule is CCOC(=O)c1ccccc1CN1CN(C(C)C)C(=O)c2c(O)c(=O)ccn21. The minimum Gasteiger partial charge on any atom is -0.502 e. The van der Waals surface area contributed by atoms with Crippen molar-refractivity contribution in [1.82, 2.24) is 9.58 Å². The lowest BCUT2D eigenvalue weighted by Crippen LogP contribution is -2.55. The number of carbonyl (C=O) groups is 2. The summed E-state index contributed by atoms with van der Waals surface area (Å²) < 4.78 is 6.60. The highest BCUT2D eigenvalue weighted by Gasteiger charge is 2.33. The molecule has 1 aromatic heterocycles. The Labute approximate surface area is 162 Å². The number of pyridine rings is 1. The summed E-state index contributed by atoms with van der Waals surface area (Å²) in [5.41, 5.74) is 0.449. The van der Waals surface area contributed by atoms with Gasteiger partial charge in [0, 0.05) is 18.3 Å². The Hall–Kier alpha value is -3.29. The van der Waals surface area contributed by atoms with Crippen LogP contribution in [-0.4, -0.2) is 45.9 Å². The zero-order valence-electron chi connectivity index (χ0n) is 16.1. The zero-order chi connectivity index (χ0) is 20.4. The number of fused-ring (bicyclic) bond motifs is 1. The van der Waals surface area contributed by atoms with E-state index in [2.05, 4.69) is 0 Å². The number of nitrogens with zero attached hydrogens (tertiary/aromatic N) is 3. The molecule has 1 aromatic carbocycles. The van der Waals surface area contributed by atoms with Crippen LogP contribution in [-0.2, 0) is 11.3 Å². The number of rotatable bonds is 5. The molecule has 8 heteroatoms. The topological polar surface area (TPSA) is 92.1 Å². The third-order valence-corrected chi connectivity index (χ3v) is 4.63. The van der Waals surface area contributed by atoms with Gasteiger partial charge in [0.2, 0.25) is 5.43 Å². The van der Waals surface area contributed by atoms with Crippen molar-refractivity contribution in [3.05, 3.63) is 63.6 Å². The second-order valence-electron chi connectivity index (χ2n) is 6.77. The van der Waals surface area contributed by atoms with Crippen LogP contribution in [0.1, 0.15) is 47.2 Å². The molecule has 1 aliphatic heterocycles. The van der Waals surface area contributed by atoms with Gasteiger partial charge in [0.05, 0.1) is 18.7 Å². The fraction of sp³-hybridized carbons (Fsp3) is 0.350. The minimum atomic E-state index is -0.614. The quantitative estimate of drug-likeness (QED) is 0.788. The Balaban J connectivity index is 2.05. The third-order valence-electron chi connectivity index (χ3n) is 4.63. The fourth-order valence-electron chi connectivity index (χ4n) is 3.18. The third kappa shape index (κ3) is 3.45. The first-order chi connectivity index (χ1) is 13.3. The Morgan fingerprint density at radius 3 is 2.61 bits per heavy atom. The molecule has 1 aliphatic rings. The van der Waals surface area contributed by atoms with Crippen LogP contribution >= 0.6 is 0 Å². The van der Waals surface area contributed by atoms with Gasteiger partial charge in [0.25, 0.3) is 5.91 Å². The smallest absolute Gasteiger partial charge is 0.338 e. The van der Waals surface area contributed by atoms with Crippen LogP contribution in [0.15, 0.2) is 41.3 Å². The maximum absolute atomic E-state index is 12.8. The van der Waals surface area contributed by atoms with Crippen molar-refractivity contribution in [2.75, 3.05) is 18.3 Å². The van der Waals surface area contributed by atoms with Gasteiger partial charge in [-0.05, 0) is 32.4 Å². The molecule has 0 fully saturated rings. The number of benzene rings is 1. The van der Waals surface area contributed by atoms with Gasteiger partial charge < -0.3 is 14.7 Å². The second-order valence-corrected chi connectivity index (χ2v) is 6.77. The fourth-order valence-corrected chi connectivity index (χ4v) is 3.18. The largest absolute Gasteiger partial charge is 0.502 e. The zero-order valence-corrected chi connectivity index (χ0v) is 16.1. The highest BCUT2D eigenvalue weighted by Crippen LogP contribution is 2.23. The highest BCUT2D eigenvalue weighted by atomic mass is 16.5. The molecule has 1 amide bonds. The lowest BCUT2D eigenvalue weighted by atomic mass is 10.1. The number of ether oxygens (including phenoxy) is 1. The van der Waals surface area contributed by atoms with E-state index in [1.165, 1.54) is 16.9 Å². The molecule has 1 N–H and O–H groups in total. The summed E-state index contributed by atoms with van der Waals surface area (Å²) in [5, 5.41) is 12.0. The maximum atomic E-state index is 12.8. The number of aromatic hydroxyl groups is 1. The van der Waals surface area contributed by atoms with Crippen LogP contribution in [0, 0.1) is 0 Å². The normalized spacial score (nSPS) is 13.6. The first-order valence-electron chi connectivity index (χ1n) is 9.11.